The molecule has 0 aromatic heterocycles. The van der Waals surface area contributed by atoms with Crippen LogP contribution in [0.15, 0.2) is 30.3 Å². The van der Waals surface area contributed by atoms with Crippen LogP contribution in [0, 0.1) is 5.92 Å². The molecule has 104 valence electrons. The van der Waals surface area contributed by atoms with Gasteiger partial charge in [0.1, 0.15) is 5.92 Å². The summed E-state index contributed by atoms with van der Waals surface area (Å²) in [6.45, 7) is 0.897. The van der Waals surface area contributed by atoms with Gasteiger partial charge < -0.3 is 4.74 Å². The molecule has 0 bridgehead atoms. The normalized spacial score (nSPS) is 23.0. The largest absolute Gasteiger partial charge is 0.469 e. The molecule has 1 unspecified atom stereocenters. The number of hydrogen-bond donors (Lipinski definition) is 0. The zero-order valence-electron chi connectivity index (χ0n) is 10.8. The smallest absolute Gasteiger partial charge is 0.316 e. The number of esters is 1. The Morgan fingerprint density at radius 1 is 1.42 bits per heavy atom. The molecule has 3 nitrogen and oxygen atoms in total. The molecule has 5 heteroatoms. The second-order valence-electron chi connectivity index (χ2n) is 4.81. The topological polar surface area (TPSA) is 29.5 Å². The van der Waals surface area contributed by atoms with E-state index >= 15 is 0 Å². The summed E-state index contributed by atoms with van der Waals surface area (Å²) in [5.74, 6) is -5.17. The summed E-state index contributed by atoms with van der Waals surface area (Å²) >= 11 is 0. The number of rotatable bonds is 3. The first kappa shape index (κ1) is 13.9. The fourth-order valence-electron chi connectivity index (χ4n) is 2.34. The Morgan fingerprint density at radius 2 is 2.11 bits per heavy atom. The SMILES string of the molecule is COC(=O)C1CN(Cc2ccccc2)CCC1(F)F. The molecule has 1 aliphatic rings. The molecular weight excluding hydrogens is 252 g/mol. The highest BCUT2D eigenvalue weighted by atomic mass is 19.3. The summed E-state index contributed by atoms with van der Waals surface area (Å²) in [5.41, 5.74) is 1.05. The first-order valence-electron chi connectivity index (χ1n) is 6.25. The third kappa shape index (κ3) is 3.29. The van der Waals surface area contributed by atoms with E-state index in [0.29, 0.717) is 6.54 Å². The summed E-state index contributed by atoms with van der Waals surface area (Å²) in [6, 6.07) is 9.61. The average Bonchev–Trinajstić information content (AvgIpc) is 2.41. The summed E-state index contributed by atoms with van der Waals surface area (Å²) in [6.07, 6.45) is -0.306. The van der Waals surface area contributed by atoms with Gasteiger partial charge in [-0.25, -0.2) is 8.78 Å². The molecule has 2 rings (SSSR count). The third-order valence-electron chi connectivity index (χ3n) is 3.45. The van der Waals surface area contributed by atoms with Crippen molar-refractivity contribution in [2.24, 2.45) is 5.92 Å². The van der Waals surface area contributed by atoms with E-state index in [4.69, 9.17) is 0 Å². The fraction of sp³-hybridized carbons (Fsp3) is 0.500. The number of nitrogens with zero attached hydrogens (tertiary/aromatic N) is 1. The lowest BCUT2D eigenvalue weighted by Crippen LogP contribution is -2.50. The maximum Gasteiger partial charge on any atom is 0.316 e. The van der Waals surface area contributed by atoms with Crippen molar-refractivity contribution in [1.29, 1.82) is 0 Å². The van der Waals surface area contributed by atoms with Crippen molar-refractivity contribution in [3.8, 4) is 0 Å². The number of halogens is 2. The monoisotopic (exact) mass is 269 g/mol. The van der Waals surface area contributed by atoms with Gasteiger partial charge in [0, 0.05) is 26.1 Å². The minimum atomic E-state index is -2.97. The van der Waals surface area contributed by atoms with Crippen LogP contribution in [-0.4, -0.2) is 37.0 Å². The zero-order chi connectivity index (χ0) is 13.9. The van der Waals surface area contributed by atoms with Crippen LogP contribution < -0.4 is 0 Å². The van der Waals surface area contributed by atoms with Crippen LogP contribution in [0.3, 0.4) is 0 Å². The number of carbonyl (C=O) groups excluding carboxylic acids is 1. The van der Waals surface area contributed by atoms with Gasteiger partial charge in [-0.3, -0.25) is 9.69 Å². The third-order valence-corrected chi connectivity index (χ3v) is 3.45. The van der Waals surface area contributed by atoms with Crippen molar-refractivity contribution >= 4 is 5.97 Å². The van der Waals surface area contributed by atoms with Gasteiger partial charge in [0.2, 0.25) is 0 Å². The van der Waals surface area contributed by atoms with Crippen LogP contribution in [0.2, 0.25) is 0 Å². The fourth-order valence-corrected chi connectivity index (χ4v) is 2.34. The van der Waals surface area contributed by atoms with Crippen LogP contribution >= 0.6 is 0 Å². The Hall–Kier alpha value is -1.49. The molecular formula is C14H17F2NO2. The molecule has 1 fully saturated rings. The Labute approximate surface area is 111 Å². The number of piperidine rings is 1. The van der Waals surface area contributed by atoms with E-state index in [0.717, 1.165) is 12.7 Å². The van der Waals surface area contributed by atoms with E-state index in [-0.39, 0.29) is 19.5 Å². The van der Waals surface area contributed by atoms with Crippen molar-refractivity contribution in [2.45, 2.75) is 18.9 Å². The molecule has 0 aliphatic carbocycles. The van der Waals surface area contributed by atoms with Gasteiger partial charge in [0.05, 0.1) is 7.11 Å². The summed E-state index contributed by atoms with van der Waals surface area (Å²) < 4.78 is 31.9. The van der Waals surface area contributed by atoms with E-state index in [9.17, 15) is 13.6 Å². The Kier molecular flexibility index (Phi) is 4.14. The predicted molar refractivity (Wildman–Crippen MR) is 66.8 cm³/mol. The van der Waals surface area contributed by atoms with Crippen LogP contribution in [0.25, 0.3) is 0 Å². The van der Waals surface area contributed by atoms with Crippen LogP contribution in [0.1, 0.15) is 12.0 Å². The zero-order valence-corrected chi connectivity index (χ0v) is 10.8. The minimum Gasteiger partial charge on any atom is -0.469 e. The maximum absolute atomic E-state index is 13.7. The van der Waals surface area contributed by atoms with Crippen molar-refractivity contribution in [1.82, 2.24) is 4.90 Å². The standard InChI is InChI=1S/C14H17F2NO2/c1-19-13(18)12-10-17(8-7-14(12,15)16)9-11-5-3-2-4-6-11/h2-6,12H,7-10H2,1H3. The van der Waals surface area contributed by atoms with Crippen molar-refractivity contribution < 1.29 is 18.3 Å². The number of hydrogen-bond acceptors (Lipinski definition) is 3. The van der Waals surface area contributed by atoms with E-state index in [2.05, 4.69) is 4.74 Å². The maximum atomic E-state index is 13.7. The molecule has 0 amide bonds. The van der Waals surface area contributed by atoms with E-state index in [1.54, 1.807) is 0 Å². The summed E-state index contributed by atoms with van der Waals surface area (Å²) in [7, 11) is 1.15. The van der Waals surface area contributed by atoms with Crippen LogP contribution in [-0.2, 0) is 16.1 Å². The molecule has 1 aromatic rings. The van der Waals surface area contributed by atoms with Crippen LogP contribution in [0.4, 0.5) is 8.78 Å². The predicted octanol–water partition coefficient (Wildman–Crippen LogP) is 2.32. The Bertz CT molecular complexity index is 436. The molecule has 0 N–H and O–H groups in total. The quantitative estimate of drug-likeness (QED) is 0.789. The van der Waals surface area contributed by atoms with Gasteiger partial charge in [-0.2, -0.15) is 0 Å². The number of carbonyl (C=O) groups is 1. The second kappa shape index (κ2) is 5.65. The number of ether oxygens (including phenoxy) is 1. The first-order chi connectivity index (χ1) is 9.03. The van der Waals surface area contributed by atoms with Gasteiger partial charge in [-0.05, 0) is 5.56 Å². The number of methoxy groups -OCH3 is 1. The lowest BCUT2D eigenvalue weighted by molar-refractivity contribution is -0.170. The molecule has 0 spiro atoms. The molecule has 19 heavy (non-hydrogen) atoms. The van der Waals surface area contributed by atoms with Gasteiger partial charge >= 0.3 is 5.97 Å². The van der Waals surface area contributed by atoms with Crippen molar-refractivity contribution in [2.75, 3.05) is 20.2 Å². The van der Waals surface area contributed by atoms with Gasteiger partial charge in [0.25, 0.3) is 5.92 Å². The molecule has 1 aromatic carbocycles. The van der Waals surface area contributed by atoms with Gasteiger partial charge in [-0.15, -0.1) is 0 Å². The highest BCUT2D eigenvalue weighted by Crippen LogP contribution is 2.34. The molecule has 1 aliphatic heterocycles. The first-order valence-corrected chi connectivity index (χ1v) is 6.25. The molecule has 0 radical (unpaired) electrons. The van der Waals surface area contributed by atoms with E-state index in [1.807, 2.05) is 35.2 Å². The van der Waals surface area contributed by atoms with Gasteiger partial charge in [0.15, 0.2) is 0 Å². The highest BCUT2D eigenvalue weighted by molar-refractivity contribution is 5.73. The molecule has 1 heterocycles. The number of alkyl halides is 2. The molecule has 1 atom stereocenters. The lowest BCUT2D eigenvalue weighted by atomic mass is 9.93. The minimum absolute atomic E-state index is 0.0363. The average molecular weight is 269 g/mol. The van der Waals surface area contributed by atoms with E-state index in [1.165, 1.54) is 0 Å². The lowest BCUT2D eigenvalue weighted by Gasteiger charge is -2.36. The van der Waals surface area contributed by atoms with Gasteiger partial charge in [-0.1, -0.05) is 30.3 Å². The van der Waals surface area contributed by atoms with E-state index < -0.39 is 17.8 Å². The summed E-state index contributed by atoms with van der Waals surface area (Å²) in [4.78, 5) is 13.3. The van der Waals surface area contributed by atoms with Crippen molar-refractivity contribution in [3.05, 3.63) is 35.9 Å². The highest BCUT2D eigenvalue weighted by Gasteiger charge is 2.48. The summed E-state index contributed by atoms with van der Waals surface area (Å²) in [5, 5.41) is 0. The Balaban J connectivity index is 2.04. The number of benzene rings is 1. The van der Waals surface area contributed by atoms with Crippen LogP contribution in [0.5, 0.6) is 0 Å². The second-order valence-corrected chi connectivity index (χ2v) is 4.81. The molecule has 1 saturated heterocycles. The Morgan fingerprint density at radius 3 is 2.74 bits per heavy atom. The molecule has 0 saturated carbocycles. The number of likely N-dealkylation sites (tertiary alicyclic amines) is 1. The van der Waals surface area contributed by atoms with Crippen molar-refractivity contribution in [3.63, 3.8) is 0 Å².